The molecule has 9 nitrogen and oxygen atoms in total. The third-order valence-corrected chi connectivity index (χ3v) is 2.69. The second-order valence-corrected chi connectivity index (χ2v) is 4.51. The van der Waals surface area contributed by atoms with Gasteiger partial charge >= 0.3 is 17.9 Å². The Hall–Kier alpha value is -1.71. The number of aliphatic hydroxyl groups is 2. The van der Waals surface area contributed by atoms with Crippen molar-refractivity contribution in [1.82, 2.24) is 0 Å². The quantitative estimate of drug-likeness (QED) is 0.470. The van der Waals surface area contributed by atoms with Crippen LogP contribution in [0.5, 0.6) is 0 Å². The molecule has 2 N–H and O–H groups in total. The highest BCUT2D eigenvalue weighted by molar-refractivity contribution is 5.67. The average Bonchev–Trinajstić information content (AvgIpc) is 2.35. The van der Waals surface area contributed by atoms with Gasteiger partial charge in [0.05, 0.1) is 0 Å². The molecule has 0 aliphatic carbocycles. The van der Waals surface area contributed by atoms with Gasteiger partial charge in [-0.05, 0) is 0 Å². The molecule has 0 spiro atoms. The van der Waals surface area contributed by atoms with Crippen LogP contribution in [-0.2, 0) is 33.3 Å². The molecule has 5 atom stereocenters. The Labute approximate surface area is 120 Å². The van der Waals surface area contributed by atoms with Gasteiger partial charge in [-0.3, -0.25) is 14.4 Å². The first-order valence-electron chi connectivity index (χ1n) is 6.21. The highest BCUT2D eigenvalue weighted by atomic mass is 16.7. The first kappa shape index (κ1) is 17.3. The van der Waals surface area contributed by atoms with E-state index in [0.717, 1.165) is 20.8 Å². The first-order valence-corrected chi connectivity index (χ1v) is 6.21. The maximum Gasteiger partial charge on any atom is 0.303 e. The summed E-state index contributed by atoms with van der Waals surface area (Å²) in [6, 6.07) is 0. The molecule has 0 amide bonds. The van der Waals surface area contributed by atoms with Crippen molar-refractivity contribution in [1.29, 1.82) is 0 Å². The molecule has 1 unspecified atom stereocenters. The van der Waals surface area contributed by atoms with Crippen LogP contribution in [0.1, 0.15) is 20.8 Å². The van der Waals surface area contributed by atoms with E-state index in [1.807, 2.05) is 0 Å². The van der Waals surface area contributed by atoms with Crippen LogP contribution in [0.2, 0.25) is 0 Å². The standard InChI is InChI=1S/C12H18O9/c1-5(13)18-4-8-9(16)10(19-6(2)14)11(12(17)21-8)20-7(3)15/h8-12,16-17H,4H2,1-3H3/t8-,9+,10+,11-,12?/m1/s1. The van der Waals surface area contributed by atoms with Crippen LogP contribution in [0.4, 0.5) is 0 Å². The zero-order chi connectivity index (χ0) is 16.2. The lowest BCUT2D eigenvalue weighted by atomic mass is 9.98. The molecular weight excluding hydrogens is 288 g/mol. The Kier molecular flexibility index (Phi) is 6.06. The fraction of sp³-hybridized carbons (Fsp3) is 0.750. The lowest BCUT2D eigenvalue weighted by Gasteiger charge is -2.41. The van der Waals surface area contributed by atoms with E-state index in [9.17, 15) is 24.6 Å². The average molecular weight is 306 g/mol. The van der Waals surface area contributed by atoms with Gasteiger partial charge in [-0.1, -0.05) is 0 Å². The molecule has 1 saturated heterocycles. The van der Waals surface area contributed by atoms with Crippen molar-refractivity contribution in [3.05, 3.63) is 0 Å². The van der Waals surface area contributed by atoms with E-state index in [0.29, 0.717) is 0 Å². The maximum atomic E-state index is 11.1. The fourth-order valence-electron chi connectivity index (χ4n) is 1.89. The van der Waals surface area contributed by atoms with Crippen LogP contribution < -0.4 is 0 Å². The molecule has 1 aliphatic rings. The summed E-state index contributed by atoms with van der Waals surface area (Å²) < 4.78 is 19.4. The minimum Gasteiger partial charge on any atom is -0.463 e. The van der Waals surface area contributed by atoms with Gasteiger partial charge < -0.3 is 29.2 Å². The summed E-state index contributed by atoms with van der Waals surface area (Å²) in [5, 5.41) is 19.9. The Morgan fingerprint density at radius 2 is 1.48 bits per heavy atom. The van der Waals surface area contributed by atoms with E-state index in [2.05, 4.69) is 4.74 Å². The van der Waals surface area contributed by atoms with E-state index in [1.165, 1.54) is 0 Å². The monoisotopic (exact) mass is 306 g/mol. The molecule has 0 aromatic heterocycles. The molecule has 1 heterocycles. The fourth-order valence-corrected chi connectivity index (χ4v) is 1.89. The van der Waals surface area contributed by atoms with Gasteiger partial charge in [-0.25, -0.2) is 0 Å². The Bertz CT molecular complexity index is 408. The summed E-state index contributed by atoms with van der Waals surface area (Å²) in [6.45, 7) is 3.00. The summed E-state index contributed by atoms with van der Waals surface area (Å²) in [4.78, 5) is 32.9. The van der Waals surface area contributed by atoms with Crippen LogP contribution in [0.15, 0.2) is 0 Å². The van der Waals surface area contributed by atoms with Crippen LogP contribution in [0, 0.1) is 0 Å². The lowest BCUT2D eigenvalue weighted by Crippen LogP contribution is -2.61. The highest BCUT2D eigenvalue weighted by Gasteiger charge is 2.49. The Morgan fingerprint density at radius 1 is 0.952 bits per heavy atom. The van der Waals surface area contributed by atoms with Crippen LogP contribution >= 0.6 is 0 Å². The summed E-state index contributed by atoms with van der Waals surface area (Å²) >= 11 is 0. The van der Waals surface area contributed by atoms with E-state index in [4.69, 9.17) is 14.2 Å². The van der Waals surface area contributed by atoms with Crippen LogP contribution in [-0.4, -0.2) is 65.4 Å². The molecule has 9 heteroatoms. The lowest BCUT2D eigenvalue weighted by molar-refractivity contribution is -0.293. The minimum atomic E-state index is -1.64. The van der Waals surface area contributed by atoms with Gasteiger partial charge in [0.1, 0.15) is 18.8 Å². The normalized spacial score (nSPS) is 32.1. The van der Waals surface area contributed by atoms with Crippen molar-refractivity contribution in [2.45, 2.75) is 51.5 Å². The zero-order valence-corrected chi connectivity index (χ0v) is 11.8. The van der Waals surface area contributed by atoms with Crippen molar-refractivity contribution < 1.29 is 43.5 Å². The molecule has 0 saturated carbocycles. The second kappa shape index (κ2) is 7.34. The third kappa shape index (κ3) is 4.96. The molecule has 0 radical (unpaired) electrons. The molecule has 21 heavy (non-hydrogen) atoms. The Balaban J connectivity index is 2.87. The molecule has 0 bridgehead atoms. The summed E-state index contributed by atoms with van der Waals surface area (Å²) in [5.74, 6) is -2.09. The van der Waals surface area contributed by atoms with Gasteiger partial charge in [0.2, 0.25) is 0 Å². The highest BCUT2D eigenvalue weighted by Crippen LogP contribution is 2.25. The number of ether oxygens (including phenoxy) is 4. The molecular formula is C12H18O9. The summed E-state index contributed by atoms with van der Waals surface area (Å²) in [6.07, 6.45) is -6.92. The number of rotatable bonds is 4. The van der Waals surface area contributed by atoms with Crippen molar-refractivity contribution in [2.75, 3.05) is 6.61 Å². The third-order valence-electron chi connectivity index (χ3n) is 2.69. The number of aliphatic hydroxyl groups excluding tert-OH is 2. The van der Waals surface area contributed by atoms with E-state index < -0.39 is 48.6 Å². The number of hydrogen-bond donors (Lipinski definition) is 2. The topological polar surface area (TPSA) is 129 Å². The van der Waals surface area contributed by atoms with E-state index in [-0.39, 0.29) is 6.61 Å². The van der Waals surface area contributed by atoms with Gasteiger partial charge in [0, 0.05) is 20.8 Å². The van der Waals surface area contributed by atoms with Gasteiger partial charge in [-0.15, -0.1) is 0 Å². The molecule has 0 aromatic rings. The van der Waals surface area contributed by atoms with Gasteiger partial charge in [0.15, 0.2) is 18.5 Å². The predicted molar refractivity (Wildman–Crippen MR) is 64.6 cm³/mol. The molecule has 1 fully saturated rings. The minimum absolute atomic E-state index is 0.349. The summed E-state index contributed by atoms with van der Waals surface area (Å²) in [7, 11) is 0. The predicted octanol–water partition coefficient (Wildman–Crippen LogP) is -1.51. The molecule has 0 aromatic carbocycles. The largest absolute Gasteiger partial charge is 0.463 e. The maximum absolute atomic E-state index is 11.1. The van der Waals surface area contributed by atoms with Crippen molar-refractivity contribution in [2.24, 2.45) is 0 Å². The zero-order valence-electron chi connectivity index (χ0n) is 11.8. The van der Waals surface area contributed by atoms with Crippen LogP contribution in [0.3, 0.4) is 0 Å². The van der Waals surface area contributed by atoms with Crippen molar-refractivity contribution in [3.8, 4) is 0 Å². The van der Waals surface area contributed by atoms with Crippen molar-refractivity contribution >= 4 is 17.9 Å². The second-order valence-electron chi connectivity index (χ2n) is 4.51. The number of hydrogen-bond acceptors (Lipinski definition) is 9. The Morgan fingerprint density at radius 3 is 1.95 bits per heavy atom. The van der Waals surface area contributed by atoms with E-state index >= 15 is 0 Å². The number of carbonyl (C=O) groups excluding carboxylic acids is 3. The van der Waals surface area contributed by atoms with E-state index in [1.54, 1.807) is 0 Å². The van der Waals surface area contributed by atoms with Crippen molar-refractivity contribution in [3.63, 3.8) is 0 Å². The molecule has 120 valence electrons. The van der Waals surface area contributed by atoms with Gasteiger partial charge in [-0.2, -0.15) is 0 Å². The molecule has 1 aliphatic heterocycles. The van der Waals surface area contributed by atoms with Crippen LogP contribution in [0.25, 0.3) is 0 Å². The molecule has 1 rings (SSSR count). The number of esters is 3. The number of carbonyl (C=O) groups is 3. The first-order chi connectivity index (χ1) is 9.72. The van der Waals surface area contributed by atoms with Gasteiger partial charge in [0.25, 0.3) is 0 Å². The smallest absolute Gasteiger partial charge is 0.303 e. The summed E-state index contributed by atoms with van der Waals surface area (Å²) in [5.41, 5.74) is 0. The SMILES string of the molecule is CC(=O)OC[C@H]1OC(O)[C@H](OC(C)=O)[C@@H](OC(C)=O)[C@H]1O.